The predicted octanol–water partition coefficient (Wildman–Crippen LogP) is 2.30. The van der Waals surface area contributed by atoms with Gasteiger partial charge < -0.3 is 14.7 Å². The van der Waals surface area contributed by atoms with Crippen LogP contribution in [0.5, 0.6) is 0 Å². The largest absolute Gasteiger partial charge is 0.480 e. The van der Waals surface area contributed by atoms with Gasteiger partial charge in [0.25, 0.3) is 0 Å². The zero-order valence-electron chi connectivity index (χ0n) is 12.2. The minimum Gasteiger partial charge on any atom is -0.480 e. The summed E-state index contributed by atoms with van der Waals surface area (Å²) < 4.78 is 7.19. The van der Waals surface area contributed by atoms with Crippen molar-refractivity contribution in [2.75, 3.05) is 19.8 Å². The molecule has 1 saturated heterocycles. The third-order valence-corrected chi connectivity index (χ3v) is 5.27. The van der Waals surface area contributed by atoms with E-state index in [1.807, 2.05) is 18.2 Å². The van der Waals surface area contributed by atoms with Crippen molar-refractivity contribution in [3.05, 3.63) is 27.7 Å². The highest BCUT2D eigenvalue weighted by molar-refractivity contribution is 9.10. The van der Waals surface area contributed by atoms with Crippen LogP contribution in [-0.2, 0) is 20.7 Å². The number of thiazole rings is 1. The Morgan fingerprint density at radius 3 is 3.09 bits per heavy atom. The van der Waals surface area contributed by atoms with Crippen LogP contribution in [0.4, 0.5) is 0 Å². The molecule has 1 aromatic heterocycles. The number of ether oxygens (including phenoxy) is 1. The van der Waals surface area contributed by atoms with E-state index in [-0.39, 0.29) is 18.9 Å². The number of fused-ring (bicyclic) bond motifs is 1. The van der Waals surface area contributed by atoms with Crippen molar-refractivity contribution in [3.63, 3.8) is 0 Å². The first-order valence-corrected chi connectivity index (χ1v) is 8.80. The molecule has 6 nitrogen and oxygen atoms in total. The fourth-order valence-corrected chi connectivity index (χ4v) is 3.82. The summed E-state index contributed by atoms with van der Waals surface area (Å²) in [5, 5.41) is 10.1. The Morgan fingerprint density at radius 2 is 2.30 bits per heavy atom. The summed E-state index contributed by atoms with van der Waals surface area (Å²) in [6, 6.07) is 5.01. The van der Waals surface area contributed by atoms with E-state index in [4.69, 9.17) is 4.74 Å². The summed E-state index contributed by atoms with van der Waals surface area (Å²) in [4.78, 5) is 29.5. The zero-order valence-corrected chi connectivity index (χ0v) is 14.6. The first-order chi connectivity index (χ1) is 11.0. The van der Waals surface area contributed by atoms with Gasteiger partial charge in [0.2, 0.25) is 5.91 Å². The third-order valence-electron chi connectivity index (χ3n) is 3.68. The minimum atomic E-state index is -1.03. The molecule has 0 saturated carbocycles. The highest BCUT2D eigenvalue weighted by Crippen LogP contribution is 2.26. The van der Waals surface area contributed by atoms with E-state index >= 15 is 0 Å². The van der Waals surface area contributed by atoms with Gasteiger partial charge in [-0.3, -0.25) is 4.79 Å². The molecular weight excluding hydrogens is 384 g/mol. The normalized spacial score (nSPS) is 18.3. The maximum atomic E-state index is 12.3. The summed E-state index contributed by atoms with van der Waals surface area (Å²) in [6.07, 6.45) is 0.768. The molecular formula is C15H15BrN2O4S. The number of benzene rings is 1. The molecule has 1 fully saturated rings. The van der Waals surface area contributed by atoms with E-state index in [9.17, 15) is 14.7 Å². The average Bonchev–Trinajstić information content (AvgIpc) is 2.94. The summed E-state index contributed by atoms with van der Waals surface area (Å²) >= 11 is 4.97. The average molecular weight is 399 g/mol. The minimum absolute atomic E-state index is 0.0518. The van der Waals surface area contributed by atoms with Crippen LogP contribution >= 0.6 is 27.3 Å². The standard InChI is InChI=1S/C15H15BrN2O4S/c16-9-1-2-12-10(7-9)17-13(23-12)3-4-14(19)18-5-6-22-8-11(18)15(20)21/h1-2,7,11H,3-6,8H2,(H,20,21)/t11-/m1/s1. The van der Waals surface area contributed by atoms with Gasteiger partial charge in [-0.1, -0.05) is 15.9 Å². The molecule has 23 heavy (non-hydrogen) atoms. The molecule has 1 atom stereocenters. The van der Waals surface area contributed by atoms with Crippen molar-refractivity contribution in [2.24, 2.45) is 0 Å². The van der Waals surface area contributed by atoms with Gasteiger partial charge in [-0.2, -0.15) is 0 Å². The number of nitrogens with zero attached hydrogens (tertiary/aromatic N) is 2. The second-order valence-corrected chi connectivity index (χ2v) is 7.27. The Balaban J connectivity index is 1.66. The molecule has 1 aromatic carbocycles. The van der Waals surface area contributed by atoms with Crippen molar-refractivity contribution >= 4 is 49.4 Å². The fourth-order valence-electron chi connectivity index (χ4n) is 2.52. The second-order valence-electron chi connectivity index (χ2n) is 5.24. The van der Waals surface area contributed by atoms with E-state index in [0.29, 0.717) is 19.6 Å². The molecule has 1 aliphatic heterocycles. The molecule has 2 heterocycles. The number of carbonyl (C=O) groups excluding carboxylic acids is 1. The number of morpholine rings is 1. The summed E-state index contributed by atoms with van der Waals surface area (Å²) in [5.74, 6) is -1.19. The summed E-state index contributed by atoms with van der Waals surface area (Å²) in [5.41, 5.74) is 0.904. The van der Waals surface area contributed by atoms with E-state index < -0.39 is 12.0 Å². The van der Waals surface area contributed by atoms with Crippen LogP contribution < -0.4 is 0 Å². The number of carbonyl (C=O) groups is 2. The van der Waals surface area contributed by atoms with Gasteiger partial charge in [-0.15, -0.1) is 11.3 Å². The number of rotatable bonds is 4. The number of amides is 1. The molecule has 1 N–H and O–H groups in total. The molecule has 0 aliphatic carbocycles. The van der Waals surface area contributed by atoms with Crippen LogP contribution in [0, 0.1) is 0 Å². The number of hydrogen-bond donors (Lipinski definition) is 1. The van der Waals surface area contributed by atoms with Crippen molar-refractivity contribution in [1.82, 2.24) is 9.88 Å². The Hall–Kier alpha value is -1.51. The maximum Gasteiger partial charge on any atom is 0.328 e. The van der Waals surface area contributed by atoms with Crippen molar-refractivity contribution in [3.8, 4) is 0 Å². The number of aliphatic carboxylic acids is 1. The second kappa shape index (κ2) is 6.94. The molecule has 0 radical (unpaired) electrons. The molecule has 1 aliphatic rings. The van der Waals surface area contributed by atoms with Crippen LogP contribution in [0.25, 0.3) is 10.2 Å². The number of carboxylic acid groups (broad SMARTS) is 1. The van der Waals surface area contributed by atoms with Crippen molar-refractivity contribution in [2.45, 2.75) is 18.9 Å². The van der Waals surface area contributed by atoms with Gasteiger partial charge in [-0.25, -0.2) is 9.78 Å². The highest BCUT2D eigenvalue weighted by Gasteiger charge is 2.32. The first-order valence-electron chi connectivity index (χ1n) is 7.19. The van der Waals surface area contributed by atoms with Crippen LogP contribution in [0.15, 0.2) is 22.7 Å². The molecule has 1 amide bonds. The highest BCUT2D eigenvalue weighted by atomic mass is 79.9. The molecule has 0 unspecified atom stereocenters. The van der Waals surface area contributed by atoms with Gasteiger partial charge in [0, 0.05) is 23.9 Å². The van der Waals surface area contributed by atoms with Crippen LogP contribution in [0.1, 0.15) is 11.4 Å². The van der Waals surface area contributed by atoms with Crippen LogP contribution in [0.2, 0.25) is 0 Å². The lowest BCUT2D eigenvalue weighted by Gasteiger charge is -2.32. The van der Waals surface area contributed by atoms with E-state index in [1.165, 1.54) is 4.90 Å². The lowest BCUT2D eigenvalue weighted by Crippen LogP contribution is -2.52. The molecule has 8 heteroatoms. The lowest BCUT2D eigenvalue weighted by molar-refractivity contribution is -0.158. The van der Waals surface area contributed by atoms with E-state index in [2.05, 4.69) is 20.9 Å². The molecule has 122 valence electrons. The number of aryl methyl sites for hydroxylation is 1. The molecule has 0 spiro atoms. The third kappa shape index (κ3) is 3.70. The van der Waals surface area contributed by atoms with Crippen molar-refractivity contribution < 1.29 is 19.4 Å². The van der Waals surface area contributed by atoms with Gasteiger partial charge in [0.15, 0.2) is 6.04 Å². The summed E-state index contributed by atoms with van der Waals surface area (Å²) in [7, 11) is 0. The maximum absolute atomic E-state index is 12.3. The predicted molar refractivity (Wildman–Crippen MR) is 89.6 cm³/mol. The van der Waals surface area contributed by atoms with Crippen LogP contribution in [-0.4, -0.2) is 52.7 Å². The van der Waals surface area contributed by atoms with Gasteiger partial charge >= 0.3 is 5.97 Å². The van der Waals surface area contributed by atoms with Gasteiger partial charge in [0.1, 0.15) is 0 Å². The smallest absolute Gasteiger partial charge is 0.328 e. The quantitative estimate of drug-likeness (QED) is 0.854. The van der Waals surface area contributed by atoms with E-state index in [0.717, 1.165) is 19.7 Å². The SMILES string of the molecule is O=C(O)[C@H]1COCCN1C(=O)CCc1nc2cc(Br)ccc2s1. The Bertz CT molecular complexity index is 748. The molecule has 3 rings (SSSR count). The lowest BCUT2D eigenvalue weighted by atomic mass is 10.2. The number of hydrogen-bond acceptors (Lipinski definition) is 5. The fraction of sp³-hybridized carbons (Fsp3) is 0.400. The topological polar surface area (TPSA) is 79.7 Å². The number of carboxylic acids is 1. The van der Waals surface area contributed by atoms with Gasteiger partial charge in [0.05, 0.1) is 28.4 Å². The Kier molecular flexibility index (Phi) is 4.93. The zero-order chi connectivity index (χ0) is 16.4. The number of aromatic nitrogens is 1. The van der Waals surface area contributed by atoms with Crippen molar-refractivity contribution in [1.29, 1.82) is 0 Å². The monoisotopic (exact) mass is 398 g/mol. The van der Waals surface area contributed by atoms with Crippen LogP contribution in [0.3, 0.4) is 0 Å². The molecule has 0 bridgehead atoms. The van der Waals surface area contributed by atoms with E-state index in [1.54, 1.807) is 11.3 Å². The summed E-state index contributed by atoms with van der Waals surface area (Å²) in [6.45, 7) is 0.753. The molecule has 2 aromatic rings. The first kappa shape index (κ1) is 16.4. The Morgan fingerprint density at radius 1 is 1.48 bits per heavy atom. The Labute approximate surface area is 145 Å². The van der Waals surface area contributed by atoms with Gasteiger partial charge in [-0.05, 0) is 18.2 Å². The number of halogens is 1.